The van der Waals surface area contributed by atoms with Crippen LogP contribution in [-0.2, 0) is 14.6 Å². The van der Waals surface area contributed by atoms with Gasteiger partial charge in [-0.3, -0.25) is 9.59 Å². The number of amides is 2. The Labute approximate surface area is 165 Å². The first-order valence-corrected chi connectivity index (χ1v) is 10.8. The molecule has 7 nitrogen and oxygen atoms in total. The van der Waals surface area contributed by atoms with E-state index in [1.165, 1.54) is 6.07 Å². The van der Waals surface area contributed by atoms with Gasteiger partial charge in [-0.05, 0) is 37.6 Å². The summed E-state index contributed by atoms with van der Waals surface area (Å²) in [5.74, 6) is -0.0791. The topological polar surface area (TPSA) is 102 Å². The molecule has 28 heavy (non-hydrogen) atoms. The molecule has 0 heterocycles. The Balaban J connectivity index is 1.85. The van der Waals surface area contributed by atoms with Crippen LogP contribution in [0.1, 0.15) is 30.1 Å². The van der Waals surface area contributed by atoms with E-state index in [4.69, 9.17) is 4.74 Å². The lowest BCUT2D eigenvalue weighted by Crippen LogP contribution is -2.26. The Hall–Kier alpha value is -2.87. The second-order valence-corrected chi connectivity index (χ2v) is 8.09. The number of sulfone groups is 1. The van der Waals surface area contributed by atoms with Crippen molar-refractivity contribution >= 4 is 27.3 Å². The van der Waals surface area contributed by atoms with Crippen molar-refractivity contribution in [3.05, 3.63) is 54.1 Å². The van der Waals surface area contributed by atoms with Crippen LogP contribution in [0.25, 0.3) is 0 Å². The third kappa shape index (κ3) is 6.09. The zero-order valence-electron chi connectivity index (χ0n) is 15.9. The van der Waals surface area contributed by atoms with E-state index >= 15 is 0 Å². The molecular formula is C20H24N2O5S. The number of rotatable bonds is 9. The number of para-hydroxylation sites is 2. The lowest BCUT2D eigenvalue weighted by Gasteiger charge is -2.11. The summed E-state index contributed by atoms with van der Waals surface area (Å²) in [6.45, 7) is 2.61. The molecule has 0 aromatic heterocycles. The molecule has 0 aliphatic carbocycles. The molecule has 2 aromatic rings. The van der Waals surface area contributed by atoms with Crippen LogP contribution in [0.15, 0.2) is 53.4 Å². The summed E-state index contributed by atoms with van der Waals surface area (Å²) in [4.78, 5) is 24.5. The SMILES string of the molecule is CCOc1ccccc1C(=O)NCCCC(=O)Nc1ccccc1S(C)(=O)=O. The quantitative estimate of drug-likeness (QED) is 0.626. The molecule has 2 aromatic carbocycles. The monoisotopic (exact) mass is 404 g/mol. The number of hydrogen-bond donors (Lipinski definition) is 2. The van der Waals surface area contributed by atoms with Crippen LogP contribution in [0, 0.1) is 0 Å². The van der Waals surface area contributed by atoms with Crippen LogP contribution in [-0.4, -0.2) is 39.6 Å². The van der Waals surface area contributed by atoms with Gasteiger partial charge in [0, 0.05) is 19.2 Å². The van der Waals surface area contributed by atoms with Crippen LogP contribution < -0.4 is 15.4 Å². The van der Waals surface area contributed by atoms with Gasteiger partial charge in [0.25, 0.3) is 5.91 Å². The summed E-state index contributed by atoms with van der Waals surface area (Å²) in [6.07, 6.45) is 1.65. The number of carbonyl (C=O) groups excluding carboxylic acids is 2. The van der Waals surface area contributed by atoms with Crippen molar-refractivity contribution in [3.8, 4) is 5.75 Å². The van der Waals surface area contributed by atoms with Crippen molar-refractivity contribution in [1.29, 1.82) is 0 Å². The highest BCUT2D eigenvalue weighted by Gasteiger charge is 2.15. The molecule has 0 fully saturated rings. The summed E-state index contributed by atoms with van der Waals surface area (Å²) in [6, 6.07) is 13.2. The molecule has 0 radical (unpaired) electrons. The van der Waals surface area contributed by atoms with Crippen LogP contribution in [0.3, 0.4) is 0 Å². The zero-order chi connectivity index (χ0) is 20.6. The fourth-order valence-electron chi connectivity index (χ4n) is 2.59. The predicted octanol–water partition coefficient (Wildman–Crippen LogP) is 2.64. The van der Waals surface area contributed by atoms with E-state index in [1.807, 2.05) is 6.92 Å². The maximum absolute atomic E-state index is 12.3. The first kappa shape index (κ1) is 21.4. The third-order valence-electron chi connectivity index (χ3n) is 3.86. The van der Waals surface area contributed by atoms with Crippen molar-refractivity contribution < 1.29 is 22.7 Å². The van der Waals surface area contributed by atoms with Gasteiger partial charge in [0.2, 0.25) is 5.91 Å². The van der Waals surface area contributed by atoms with Crippen molar-refractivity contribution in [1.82, 2.24) is 5.32 Å². The van der Waals surface area contributed by atoms with Gasteiger partial charge < -0.3 is 15.4 Å². The van der Waals surface area contributed by atoms with Gasteiger partial charge in [0.15, 0.2) is 9.84 Å². The van der Waals surface area contributed by atoms with Crippen molar-refractivity contribution in [3.63, 3.8) is 0 Å². The molecule has 150 valence electrons. The molecule has 0 bridgehead atoms. The molecule has 0 saturated heterocycles. The zero-order valence-corrected chi connectivity index (χ0v) is 16.7. The number of carbonyl (C=O) groups is 2. The third-order valence-corrected chi connectivity index (χ3v) is 5.01. The van der Waals surface area contributed by atoms with Crippen LogP contribution in [0.2, 0.25) is 0 Å². The molecule has 0 saturated carbocycles. The highest BCUT2D eigenvalue weighted by atomic mass is 32.2. The fourth-order valence-corrected chi connectivity index (χ4v) is 3.43. The van der Waals surface area contributed by atoms with Gasteiger partial charge in [-0.1, -0.05) is 24.3 Å². The summed E-state index contributed by atoms with van der Waals surface area (Å²) in [5, 5.41) is 5.37. The van der Waals surface area contributed by atoms with Gasteiger partial charge >= 0.3 is 0 Å². The highest BCUT2D eigenvalue weighted by Crippen LogP contribution is 2.21. The number of anilines is 1. The molecule has 0 aliphatic heterocycles. The van der Waals surface area contributed by atoms with E-state index in [1.54, 1.807) is 42.5 Å². The van der Waals surface area contributed by atoms with Crippen molar-refractivity contribution in [2.75, 3.05) is 24.7 Å². The first-order chi connectivity index (χ1) is 13.3. The largest absolute Gasteiger partial charge is 0.493 e. The minimum Gasteiger partial charge on any atom is -0.493 e. The van der Waals surface area contributed by atoms with Gasteiger partial charge in [0.05, 0.1) is 22.8 Å². The minimum atomic E-state index is -3.44. The van der Waals surface area contributed by atoms with Crippen molar-refractivity contribution in [2.45, 2.75) is 24.7 Å². The molecule has 2 rings (SSSR count). The molecule has 0 atom stereocenters. The molecule has 0 unspecified atom stereocenters. The average Bonchev–Trinajstić information content (AvgIpc) is 2.65. The summed E-state index contributed by atoms with van der Waals surface area (Å²) in [7, 11) is -3.44. The Bertz CT molecular complexity index is 941. The smallest absolute Gasteiger partial charge is 0.255 e. The predicted molar refractivity (Wildman–Crippen MR) is 107 cm³/mol. The van der Waals surface area contributed by atoms with E-state index in [2.05, 4.69) is 10.6 Å². The second kappa shape index (κ2) is 9.89. The summed E-state index contributed by atoms with van der Waals surface area (Å²) >= 11 is 0. The van der Waals surface area contributed by atoms with Gasteiger partial charge in [-0.2, -0.15) is 0 Å². The maximum atomic E-state index is 12.3. The Kier molecular flexibility index (Phi) is 7.57. The number of hydrogen-bond acceptors (Lipinski definition) is 5. The number of benzene rings is 2. The standard InChI is InChI=1S/C20H24N2O5S/c1-3-27-17-11-6-4-9-15(17)20(24)21-14-8-13-19(23)22-16-10-5-7-12-18(16)28(2,25)26/h4-7,9-12H,3,8,13-14H2,1-2H3,(H,21,24)(H,22,23). The molecular weight excluding hydrogens is 380 g/mol. The lowest BCUT2D eigenvalue weighted by molar-refractivity contribution is -0.116. The van der Waals surface area contributed by atoms with E-state index in [9.17, 15) is 18.0 Å². The van der Waals surface area contributed by atoms with E-state index in [-0.39, 0.29) is 28.8 Å². The summed E-state index contributed by atoms with van der Waals surface area (Å²) in [5.41, 5.74) is 0.695. The fraction of sp³-hybridized carbons (Fsp3) is 0.300. The van der Waals surface area contributed by atoms with Crippen LogP contribution in [0.5, 0.6) is 5.75 Å². The summed E-state index contributed by atoms with van der Waals surface area (Å²) < 4.78 is 29.0. The van der Waals surface area contributed by atoms with E-state index in [0.717, 1.165) is 6.26 Å². The van der Waals surface area contributed by atoms with Gasteiger partial charge in [0.1, 0.15) is 5.75 Å². The van der Waals surface area contributed by atoms with E-state index in [0.29, 0.717) is 30.9 Å². The molecule has 8 heteroatoms. The van der Waals surface area contributed by atoms with Gasteiger partial charge in [-0.25, -0.2) is 8.42 Å². The number of nitrogens with one attached hydrogen (secondary N) is 2. The highest BCUT2D eigenvalue weighted by molar-refractivity contribution is 7.90. The molecule has 2 amide bonds. The first-order valence-electron chi connectivity index (χ1n) is 8.92. The normalized spacial score (nSPS) is 10.9. The van der Waals surface area contributed by atoms with E-state index < -0.39 is 9.84 Å². The Morgan fingerprint density at radius 2 is 1.71 bits per heavy atom. The Morgan fingerprint density at radius 1 is 1.04 bits per heavy atom. The molecule has 2 N–H and O–H groups in total. The lowest BCUT2D eigenvalue weighted by atomic mass is 10.2. The van der Waals surface area contributed by atoms with Crippen LogP contribution >= 0.6 is 0 Å². The molecule has 0 aliphatic rings. The number of ether oxygens (including phenoxy) is 1. The van der Waals surface area contributed by atoms with Gasteiger partial charge in [-0.15, -0.1) is 0 Å². The average molecular weight is 404 g/mol. The minimum absolute atomic E-state index is 0.0733. The van der Waals surface area contributed by atoms with Crippen molar-refractivity contribution in [2.24, 2.45) is 0 Å². The second-order valence-electron chi connectivity index (χ2n) is 6.11. The molecule has 0 spiro atoms. The maximum Gasteiger partial charge on any atom is 0.255 e. The van der Waals surface area contributed by atoms with Crippen LogP contribution in [0.4, 0.5) is 5.69 Å². The Morgan fingerprint density at radius 3 is 2.43 bits per heavy atom.